The Morgan fingerprint density at radius 2 is 1.97 bits per heavy atom. The number of nitrogens with one attached hydrogen (secondary N) is 1. The Hall–Kier alpha value is -3.35. The van der Waals surface area contributed by atoms with E-state index in [0.29, 0.717) is 25.9 Å². The lowest BCUT2D eigenvalue weighted by molar-refractivity contribution is -0.143. The van der Waals surface area contributed by atoms with Gasteiger partial charge in [-0.15, -0.1) is 0 Å². The Kier molecular flexibility index (Phi) is 6.21. The van der Waals surface area contributed by atoms with Crippen LogP contribution in [0.2, 0.25) is 0 Å². The highest BCUT2D eigenvalue weighted by molar-refractivity contribution is 5.87. The highest BCUT2D eigenvalue weighted by Crippen LogP contribution is 2.33. The van der Waals surface area contributed by atoms with Gasteiger partial charge in [-0.1, -0.05) is 30.3 Å². The van der Waals surface area contributed by atoms with Crippen LogP contribution in [0.25, 0.3) is 10.9 Å². The van der Waals surface area contributed by atoms with E-state index in [-0.39, 0.29) is 31.0 Å². The quantitative estimate of drug-likeness (QED) is 0.604. The van der Waals surface area contributed by atoms with Crippen LogP contribution in [0.4, 0.5) is 9.18 Å². The molecule has 1 aliphatic carbocycles. The van der Waals surface area contributed by atoms with E-state index < -0.39 is 6.09 Å². The molecule has 0 saturated heterocycles. The largest absolute Gasteiger partial charge is 0.465 e. The van der Waals surface area contributed by atoms with Gasteiger partial charge in [0.2, 0.25) is 0 Å². The fourth-order valence-electron chi connectivity index (χ4n) is 4.19. The van der Waals surface area contributed by atoms with Crippen LogP contribution in [0.3, 0.4) is 0 Å². The lowest BCUT2D eigenvalue weighted by Gasteiger charge is -2.24. The van der Waals surface area contributed by atoms with Crippen LogP contribution in [0.1, 0.15) is 30.2 Å². The van der Waals surface area contributed by atoms with Gasteiger partial charge >= 0.3 is 12.1 Å². The number of aromatic nitrogens is 1. The molecule has 0 fully saturated rings. The summed E-state index contributed by atoms with van der Waals surface area (Å²) in [6.07, 6.45) is 1.44. The van der Waals surface area contributed by atoms with Gasteiger partial charge in [0.1, 0.15) is 19.0 Å². The number of fused-ring (bicyclic) bond motifs is 3. The summed E-state index contributed by atoms with van der Waals surface area (Å²) in [7, 11) is 0. The summed E-state index contributed by atoms with van der Waals surface area (Å²) in [6, 6.07) is 13.9. The van der Waals surface area contributed by atoms with Crippen LogP contribution >= 0.6 is 0 Å². The molecular weight excluding hydrogens is 399 g/mol. The minimum absolute atomic E-state index is 0.0858. The number of hydrogen-bond donors (Lipinski definition) is 1. The third kappa shape index (κ3) is 4.71. The second kappa shape index (κ2) is 9.20. The monoisotopic (exact) mass is 424 g/mol. The highest BCUT2D eigenvalue weighted by Gasteiger charge is 2.27. The SMILES string of the molecule is CCOC(=O)Cn1c2c(c3cc(F)ccc31)CC(NC(=O)OCc1ccccc1)CC2. The molecule has 1 atom stereocenters. The minimum Gasteiger partial charge on any atom is -0.465 e. The molecule has 0 bridgehead atoms. The fraction of sp³-hybridized carbons (Fsp3) is 0.333. The topological polar surface area (TPSA) is 69.6 Å². The Balaban J connectivity index is 1.50. The summed E-state index contributed by atoms with van der Waals surface area (Å²) in [6.45, 7) is 2.37. The van der Waals surface area contributed by atoms with Crippen LogP contribution in [0.5, 0.6) is 0 Å². The maximum atomic E-state index is 14.0. The zero-order chi connectivity index (χ0) is 21.8. The first-order chi connectivity index (χ1) is 15.0. The van der Waals surface area contributed by atoms with Crippen molar-refractivity contribution >= 4 is 23.0 Å². The van der Waals surface area contributed by atoms with Gasteiger partial charge < -0.3 is 19.4 Å². The number of esters is 1. The van der Waals surface area contributed by atoms with Crippen molar-refractivity contribution in [1.82, 2.24) is 9.88 Å². The minimum atomic E-state index is -0.473. The number of nitrogens with zero attached hydrogens (tertiary/aromatic N) is 1. The summed E-state index contributed by atoms with van der Waals surface area (Å²) >= 11 is 0. The highest BCUT2D eigenvalue weighted by atomic mass is 19.1. The summed E-state index contributed by atoms with van der Waals surface area (Å²) in [5, 5.41) is 3.69. The number of ether oxygens (including phenoxy) is 2. The number of benzene rings is 2. The molecule has 162 valence electrons. The third-order valence-corrected chi connectivity index (χ3v) is 5.56. The number of amides is 1. The van der Waals surface area contributed by atoms with Gasteiger partial charge in [0, 0.05) is 22.6 Å². The third-order valence-electron chi connectivity index (χ3n) is 5.56. The molecule has 2 aromatic carbocycles. The van der Waals surface area contributed by atoms with Crippen LogP contribution in [-0.2, 0) is 40.3 Å². The van der Waals surface area contributed by atoms with Crippen molar-refractivity contribution in [2.75, 3.05) is 6.61 Å². The molecule has 6 nitrogen and oxygen atoms in total. The maximum absolute atomic E-state index is 14.0. The molecule has 3 aromatic rings. The molecule has 0 spiro atoms. The average Bonchev–Trinajstić information content (AvgIpc) is 3.05. The van der Waals surface area contributed by atoms with Crippen LogP contribution < -0.4 is 5.32 Å². The predicted octanol–water partition coefficient (Wildman–Crippen LogP) is 4.13. The molecular formula is C24H25FN2O4. The van der Waals surface area contributed by atoms with Gasteiger partial charge in [-0.2, -0.15) is 0 Å². The maximum Gasteiger partial charge on any atom is 0.407 e. The molecule has 0 saturated carbocycles. The smallest absolute Gasteiger partial charge is 0.407 e. The summed E-state index contributed by atoms with van der Waals surface area (Å²) in [4.78, 5) is 24.4. The zero-order valence-electron chi connectivity index (χ0n) is 17.4. The van der Waals surface area contributed by atoms with Crippen molar-refractivity contribution in [1.29, 1.82) is 0 Å². The van der Waals surface area contributed by atoms with Crippen LogP contribution in [-0.4, -0.2) is 29.3 Å². The Labute approximate surface area is 179 Å². The van der Waals surface area contributed by atoms with E-state index in [0.717, 1.165) is 27.7 Å². The van der Waals surface area contributed by atoms with Crippen molar-refractivity contribution in [2.24, 2.45) is 0 Å². The van der Waals surface area contributed by atoms with Gasteiger partial charge in [-0.25, -0.2) is 9.18 Å². The van der Waals surface area contributed by atoms with Crippen LogP contribution in [0.15, 0.2) is 48.5 Å². The summed E-state index contributed by atoms with van der Waals surface area (Å²) in [5.41, 5.74) is 3.66. The molecule has 1 aliphatic rings. The van der Waals surface area contributed by atoms with Gasteiger partial charge in [-0.05, 0) is 55.5 Å². The number of carbonyl (C=O) groups is 2. The van der Waals surface area contributed by atoms with Gasteiger partial charge in [-0.3, -0.25) is 4.79 Å². The van der Waals surface area contributed by atoms with Crippen molar-refractivity contribution in [3.05, 3.63) is 71.2 Å². The van der Waals surface area contributed by atoms with Crippen molar-refractivity contribution in [2.45, 2.75) is 45.4 Å². The number of hydrogen-bond acceptors (Lipinski definition) is 4. The zero-order valence-corrected chi connectivity index (χ0v) is 17.4. The van der Waals surface area contributed by atoms with E-state index in [9.17, 15) is 14.0 Å². The summed E-state index contributed by atoms with van der Waals surface area (Å²) < 4.78 is 26.3. The first-order valence-corrected chi connectivity index (χ1v) is 10.5. The van der Waals surface area contributed by atoms with E-state index >= 15 is 0 Å². The van der Waals surface area contributed by atoms with Crippen molar-refractivity contribution in [3.63, 3.8) is 0 Å². The number of carbonyl (C=O) groups excluding carboxylic acids is 2. The fourth-order valence-corrected chi connectivity index (χ4v) is 4.19. The number of rotatable bonds is 6. The lowest BCUT2D eigenvalue weighted by atomic mass is 9.91. The molecule has 4 rings (SSSR count). The molecule has 1 unspecified atom stereocenters. The first-order valence-electron chi connectivity index (χ1n) is 10.5. The molecule has 0 aliphatic heterocycles. The number of halogens is 1. The second-order valence-corrected chi connectivity index (χ2v) is 7.62. The Bertz CT molecular complexity index is 1090. The van der Waals surface area contributed by atoms with Gasteiger partial charge in [0.15, 0.2) is 0 Å². The molecule has 0 radical (unpaired) electrons. The molecule has 1 heterocycles. The second-order valence-electron chi connectivity index (χ2n) is 7.62. The van der Waals surface area contributed by atoms with Gasteiger partial charge in [0.25, 0.3) is 0 Å². The van der Waals surface area contributed by atoms with Gasteiger partial charge in [0.05, 0.1) is 6.61 Å². The van der Waals surface area contributed by atoms with E-state index in [1.54, 1.807) is 13.0 Å². The lowest BCUT2D eigenvalue weighted by Crippen LogP contribution is -2.39. The Morgan fingerprint density at radius 1 is 1.16 bits per heavy atom. The molecule has 1 amide bonds. The average molecular weight is 424 g/mol. The predicted molar refractivity (Wildman–Crippen MR) is 114 cm³/mol. The van der Waals surface area contributed by atoms with E-state index in [2.05, 4.69) is 5.32 Å². The number of alkyl carbamates (subject to hydrolysis) is 1. The van der Waals surface area contributed by atoms with E-state index in [1.165, 1.54) is 12.1 Å². The molecule has 1 N–H and O–H groups in total. The summed E-state index contributed by atoms with van der Waals surface area (Å²) in [5.74, 6) is -0.655. The van der Waals surface area contributed by atoms with E-state index in [4.69, 9.17) is 9.47 Å². The van der Waals surface area contributed by atoms with Crippen LogP contribution in [0, 0.1) is 5.82 Å². The Morgan fingerprint density at radius 3 is 2.74 bits per heavy atom. The molecule has 31 heavy (non-hydrogen) atoms. The first kappa shape index (κ1) is 20.9. The molecule has 7 heteroatoms. The van der Waals surface area contributed by atoms with Crippen molar-refractivity contribution < 1.29 is 23.5 Å². The standard InChI is InChI=1S/C24H25FN2O4/c1-2-30-23(28)14-27-21-10-8-17(25)12-19(21)20-13-18(9-11-22(20)27)26-24(29)31-15-16-6-4-3-5-7-16/h3-8,10,12,18H,2,9,11,13-15H2,1H3,(H,26,29). The van der Waals surface area contributed by atoms with Crippen molar-refractivity contribution in [3.8, 4) is 0 Å². The molecule has 1 aromatic heterocycles. The van der Waals surface area contributed by atoms with E-state index in [1.807, 2.05) is 34.9 Å². The normalized spacial score (nSPS) is 15.4.